The number of likely N-dealkylation sites (N-methyl/N-ethyl adjacent to an activating group) is 1. The van der Waals surface area contributed by atoms with E-state index in [1.807, 2.05) is 31.3 Å². The van der Waals surface area contributed by atoms with Crippen molar-refractivity contribution in [3.63, 3.8) is 0 Å². The van der Waals surface area contributed by atoms with E-state index in [1.165, 1.54) is 4.90 Å². The number of carbonyl (C=O) groups is 2. The summed E-state index contributed by atoms with van der Waals surface area (Å²) in [6, 6.07) is 8.93. The molecule has 1 heterocycles. The number of hydrogen-bond acceptors (Lipinski definition) is 4. The molecule has 0 saturated heterocycles. The third-order valence-electron chi connectivity index (χ3n) is 3.18. The van der Waals surface area contributed by atoms with Gasteiger partial charge >= 0.3 is 5.97 Å². The average molecular weight is 301 g/mol. The summed E-state index contributed by atoms with van der Waals surface area (Å²) in [7, 11) is 0. The maximum atomic E-state index is 12.4. The smallest absolute Gasteiger partial charge is 0.325 e. The molecule has 0 atom stereocenters. The molecule has 1 aromatic carbocycles. The molecule has 2 rings (SSSR count). The van der Waals surface area contributed by atoms with Crippen molar-refractivity contribution in [2.24, 2.45) is 0 Å². The van der Waals surface area contributed by atoms with Gasteiger partial charge < -0.3 is 9.64 Å². The molecule has 2 aromatic rings. The molecule has 0 spiro atoms. The van der Waals surface area contributed by atoms with Crippen molar-refractivity contribution in [3.05, 3.63) is 48.3 Å². The van der Waals surface area contributed by atoms with Crippen molar-refractivity contribution < 1.29 is 14.3 Å². The van der Waals surface area contributed by atoms with Gasteiger partial charge in [0.05, 0.1) is 12.3 Å². The van der Waals surface area contributed by atoms with E-state index in [0.29, 0.717) is 18.7 Å². The van der Waals surface area contributed by atoms with Gasteiger partial charge in [-0.05, 0) is 44.2 Å². The summed E-state index contributed by atoms with van der Waals surface area (Å²) >= 11 is 0. The lowest BCUT2D eigenvalue weighted by Crippen LogP contribution is -2.36. The van der Waals surface area contributed by atoms with Crippen LogP contribution in [0.5, 0.6) is 0 Å². The quantitative estimate of drug-likeness (QED) is 0.764. The summed E-state index contributed by atoms with van der Waals surface area (Å²) < 4.78 is 6.60. The molecule has 1 aromatic heterocycles. The zero-order valence-electron chi connectivity index (χ0n) is 12.7. The van der Waals surface area contributed by atoms with Crippen LogP contribution < -0.4 is 0 Å². The van der Waals surface area contributed by atoms with Crippen molar-refractivity contribution >= 4 is 11.9 Å². The summed E-state index contributed by atoms with van der Waals surface area (Å²) in [6.07, 6.45) is 3.52. The Bertz CT molecular complexity index is 621. The van der Waals surface area contributed by atoms with Crippen LogP contribution >= 0.6 is 0 Å². The van der Waals surface area contributed by atoms with E-state index in [9.17, 15) is 9.59 Å². The minimum Gasteiger partial charge on any atom is -0.465 e. The van der Waals surface area contributed by atoms with Crippen LogP contribution in [0.4, 0.5) is 0 Å². The Kier molecular flexibility index (Phi) is 5.30. The number of carbonyl (C=O) groups excluding carboxylic acids is 2. The van der Waals surface area contributed by atoms with Gasteiger partial charge in [0.25, 0.3) is 5.91 Å². The third-order valence-corrected chi connectivity index (χ3v) is 3.18. The van der Waals surface area contributed by atoms with Crippen molar-refractivity contribution in [1.29, 1.82) is 0 Å². The van der Waals surface area contributed by atoms with Gasteiger partial charge in [-0.25, -0.2) is 4.68 Å². The third kappa shape index (κ3) is 3.72. The molecule has 0 aliphatic rings. The van der Waals surface area contributed by atoms with Crippen LogP contribution in [0.25, 0.3) is 5.69 Å². The van der Waals surface area contributed by atoms with Crippen molar-refractivity contribution in [1.82, 2.24) is 14.7 Å². The molecule has 1 amide bonds. The van der Waals surface area contributed by atoms with Crippen LogP contribution in [0.3, 0.4) is 0 Å². The second-order valence-electron chi connectivity index (χ2n) is 4.62. The highest BCUT2D eigenvalue weighted by Crippen LogP contribution is 2.11. The predicted octanol–water partition coefficient (Wildman–Crippen LogP) is 1.90. The maximum absolute atomic E-state index is 12.4. The van der Waals surface area contributed by atoms with E-state index in [4.69, 9.17) is 4.74 Å². The first-order valence-corrected chi connectivity index (χ1v) is 7.20. The van der Waals surface area contributed by atoms with Crippen LogP contribution in [0.15, 0.2) is 42.7 Å². The fourth-order valence-corrected chi connectivity index (χ4v) is 2.05. The molecule has 0 N–H and O–H groups in total. The highest BCUT2D eigenvalue weighted by molar-refractivity contribution is 5.96. The largest absolute Gasteiger partial charge is 0.465 e. The van der Waals surface area contributed by atoms with Gasteiger partial charge in [-0.15, -0.1) is 0 Å². The standard InChI is InChI=1S/C16H19N3O3/c1-3-18(12-15(20)22-4-2)16(21)13-6-8-14(9-7-13)19-11-5-10-17-19/h5-11H,3-4,12H2,1-2H3. The van der Waals surface area contributed by atoms with E-state index in [0.717, 1.165) is 5.69 Å². The molecule has 0 aliphatic carbocycles. The van der Waals surface area contributed by atoms with E-state index < -0.39 is 5.97 Å². The monoisotopic (exact) mass is 301 g/mol. The molecular formula is C16H19N3O3. The topological polar surface area (TPSA) is 64.4 Å². The maximum Gasteiger partial charge on any atom is 0.325 e. The van der Waals surface area contributed by atoms with Crippen molar-refractivity contribution in [2.75, 3.05) is 19.7 Å². The second kappa shape index (κ2) is 7.40. The number of benzene rings is 1. The first-order valence-electron chi connectivity index (χ1n) is 7.20. The van der Waals surface area contributed by atoms with Gasteiger partial charge in [0.1, 0.15) is 6.54 Å². The summed E-state index contributed by atoms with van der Waals surface area (Å²) in [5, 5.41) is 4.13. The number of rotatable bonds is 6. The number of aromatic nitrogens is 2. The molecule has 0 bridgehead atoms. The molecule has 6 heteroatoms. The second-order valence-corrected chi connectivity index (χ2v) is 4.62. The number of esters is 1. The summed E-state index contributed by atoms with van der Waals surface area (Å²) in [6.45, 7) is 4.28. The normalized spacial score (nSPS) is 10.3. The van der Waals surface area contributed by atoms with Gasteiger partial charge in [0.2, 0.25) is 0 Å². The number of amides is 1. The van der Waals surface area contributed by atoms with Gasteiger partial charge in [-0.1, -0.05) is 0 Å². The number of ether oxygens (including phenoxy) is 1. The van der Waals surface area contributed by atoms with Crippen LogP contribution in [-0.2, 0) is 9.53 Å². The fraction of sp³-hybridized carbons (Fsp3) is 0.312. The Morgan fingerprint density at radius 3 is 2.50 bits per heavy atom. The number of nitrogens with zero attached hydrogens (tertiary/aromatic N) is 3. The SMILES string of the molecule is CCOC(=O)CN(CC)C(=O)c1ccc(-n2cccn2)cc1. The molecule has 116 valence electrons. The fourth-order valence-electron chi connectivity index (χ4n) is 2.05. The number of hydrogen-bond donors (Lipinski definition) is 0. The predicted molar refractivity (Wildman–Crippen MR) is 81.8 cm³/mol. The Morgan fingerprint density at radius 1 is 1.23 bits per heavy atom. The zero-order chi connectivity index (χ0) is 15.9. The molecular weight excluding hydrogens is 282 g/mol. The molecule has 0 unspecified atom stereocenters. The van der Waals surface area contributed by atoms with Crippen LogP contribution in [-0.4, -0.2) is 46.3 Å². The van der Waals surface area contributed by atoms with Crippen LogP contribution in [0.2, 0.25) is 0 Å². The lowest BCUT2D eigenvalue weighted by molar-refractivity contribution is -0.143. The van der Waals surface area contributed by atoms with Crippen LogP contribution in [0, 0.1) is 0 Å². The lowest BCUT2D eigenvalue weighted by Gasteiger charge is -2.19. The van der Waals surface area contributed by atoms with Gasteiger partial charge in [-0.2, -0.15) is 5.10 Å². The van der Waals surface area contributed by atoms with Crippen molar-refractivity contribution in [3.8, 4) is 5.69 Å². The van der Waals surface area contributed by atoms with Crippen LogP contribution in [0.1, 0.15) is 24.2 Å². The molecule has 22 heavy (non-hydrogen) atoms. The highest BCUT2D eigenvalue weighted by atomic mass is 16.5. The summed E-state index contributed by atoms with van der Waals surface area (Å²) in [5.41, 5.74) is 1.40. The van der Waals surface area contributed by atoms with Crippen molar-refractivity contribution in [2.45, 2.75) is 13.8 Å². The summed E-state index contributed by atoms with van der Waals surface area (Å²) in [4.78, 5) is 25.4. The highest BCUT2D eigenvalue weighted by Gasteiger charge is 2.17. The van der Waals surface area contributed by atoms with Gasteiger partial charge in [-0.3, -0.25) is 9.59 Å². The molecule has 6 nitrogen and oxygen atoms in total. The average Bonchev–Trinajstić information content (AvgIpc) is 3.07. The first-order chi connectivity index (χ1) is 10.7. The Labute approximate surface area is 129 Å². The Hall–Kier alpha value is -2.63. The molecule has 0 radical (unpaired) electrons. The zero-order valence-corrected chi connectivity index (χ0v) is 12.7. The first kappa shape index (κ1) is 15.8. The molecule has 0 saturated carbocycles. The van der Waals surface area contributed by atoms with Gasteiger partial charge in [0.15, 0.2) is 0 Å². The van der Waals surface area contributed by atoms with E-state index >= 15 is 0 Å². The minimum atomic E-state index is -0.397. The Balaban J connectivity index is 2.09. The molecule has 0 fully saturated rings. The Morgan fingerprint density at radius 2 is 1.95 bits per heavy atom. The minimum absolute atomic E-state index is 0.0376. The summed E-state index contributed by atoms with van der Waals surface area (Å²) in [5.74, 6) is -0.589. The van der Waals surface area contributed by atoms with E-state index in [-0.39, 0.29) is 12.5 Å². The molecule has 0 aliphatic heterocycles. The van der Waals surface area contributed by atoms with E-state index in [2.05, 4.69) is 5.10 Å². The van der Waals surface area contributed by atoms with Gasteiger partial charge in [0, 0.05) is 24.5 Å². The lowest BCUT2D eigenvalue weighted by atomic mass is 10.2. The van der Waals surface area contributed by atoms with E-state index in [1.54, 1.807) is 29.9 Å².